The molecule has 1 saturated heterocycles. The van der Waals surface area contributed by atoms with Gasteiger partial charge in [0.2, 0.25) is 5.56 Å². The maximum absolute atomic E-state index is 11.8. The highest BCUT2D eigenvalue weighted by Gasteiger charge is 2.30. The molecular formula is C23H22ClF3N2O2. The van der Waals surface area contributed by atoms with Gasteiger partial charge in [0.05, 0.1) is 18.4 Å². The fraction of sp³-hybridized carbons (Fsp3) is 0.261. The quantitative estimate of drug-likeness (QED) is 0.531. The van der Waals surface area contributed by atoms with E-state index in [-0.39, 0.29) is 0 Å². The number of hydrogen-bond acceptors (Lipinski definition) is 3. The monoisotopic (exact) mass is 450 g/mol. The number of nitrogens with zero attached hydrogens (tertiary/aromatic N) is 1. The van der Waals surface area contributed by atoms with E-state index in [2.05, 4.69) is 23.1 Å². The van der Waals surface area contributed by atoms with E-state index in [1.54, 1.807) is 7.11 Å². The number of H-pyrrole nitrogens is 1. The van der Waals surface area contributed by atoms with Gasteiger partial charge in [-0.2, -0.15) is 13.2 Å². The van der Waals surface area contributed by atoms with Crippen LogP contribution < -0.4 is 15.2 Å². The third-order valence-corrected chi connectivity index (χ3v) is 5.25. The second-order valence-corrected chi connectivity index (χ2v) is 7.41. The molecule has 3 aromatic rings. The third kappa shape index (κ3) is 5.82. The summed E-state index contributed by atoms with van der Waals surface area (Å²) >= 11 is 6.27. The fourth-order valence-electron chi connectivity index (χ4n) is 3.35. The highest BCUT2D eigenvalue weighted by molar-refractivity contribution is 6.33. The number of pyridine rings is 1. The van der Waals surface area contributed by atoms with Gasteiger partial charge in [-0.05, 0) is 42.7 Å². The lowest BCUT2D eigenvalue weighted by Gasteiger charge is -2.21. The van der Waals surface area contributed by atoms with Crippen LogP contribution in [0.2, 0.25) is 5.02 Å². The Morgan fingerprint density at radius 2 is 1.74 bits per heavy atom. The molecule has 1 aliphatic heterocycles. The third-order valence-electron chi connectivity index (χ3n) is 4.92. The van der Waals surface area contributed by atoms with Crippen molar-refractivity contribution in [1.29, 1.82) is 0 Å². The molecule has 8 heteroatoms. The van der Waals surface area contributed by atoms with Gasteiger partial charge in [0.1, 0.15) is 5.75 Å². The summed E-state index contributed by atoms with van der Waals surface area (Å²) in [5.41, 5.74) is 1.92. The Labute approximate surface area is 183 Å². The van der Waals surface area contributed by atoms with Crippen molar-refractivity contribution in [3.8, 4) is 16.9 Å². The van der Waals surface area contributed by atoms with E-state index < -0.39 is 17.3 Å². The van der Waals surface area contributed by atoms with Crippen LogP contribution >= 0.6 is 11.6 Å². The number of alkyl halides is 3. The zero-order valence-corrected chi connectivity index (χ0v) is 17.6. The van der Waals surface area contributed by atoms with Crippen molar-refractivity contribution in [3.63, 3.8) is 0 Å². The van der Waals surface area contributed by atoms with Gasteiger partial charge in [-0.3, -0.25) is 4.79 Å². The second-order valence-electron chi connectivity index (χ2n) is 7.00. The maximum atomic E-state index is 11.8. The zero-order valence-electron chi connectivity index (χ0n) is 16.9. The van der Waals surface area contributed by atoms with Crippen LogP contribution in [0.5, 0.6) is 5.75 Å². The number of anilines is 1. The van der Waals surface area contributed by atoms with E-state index in [1.807, 2.05) is 29.2 Å². The van der Waals surface area contributed by atoms with Gasteiger partial charge < -0.3 is 14.6 Å². The van der Waals surface area contributed by atoms with E-state index in [9.17, 15) is 18.0 Å². The average molecular weight is 451 g/mol. The van der Waals surface area contributed by atoms with Crippen molar-refractivity contribution in [3.05, 3.63) is 81.7 Å². The Morgan fingerprint density at radius 3 is 2.32 bits per heavy atom. The zero-order chi connectivity index (χ0) is 22.4. The van der Waals surface area contributed by atoms with Crippen LogP contribution in [-0.4, -0.2) is 25.2 Å². The van der Waals surface area contributed by atoms with E-state index in [0.29, 0.717) is 6.20 Å². The first kappa shape index (κ1) is 22.7. The van der Waals surface area contributed by atoms with Crippen molar-refractivity contribution in [2.45, 2.75) is 19.0 Å². The summed E-state index contributed by atoms with van der Waals surface area (Å²) in [7, 11) is 1.73. The first-order valence-electron chi connectivity index (χ1n) is 9.73. The number of methoxy groups -OCH3 is 1. The van der Waals surface area contributed by atoms with Crippen LogP contribution in [0.1, 0.15) is 18.4 Å². The van der Waals surface area contributed by atoms with Crippen LogP contribution in [-0.2, 0) is 6.18 Å². The van der Waals surface area contributed by atoms with Crippen LogP contribution in [0, 0.1) is 0 Å². The van der Waals surface area contributed by atoms with Crippen LogP contribution in [0.4, 0.5) is 18.9 Å². The van der Waals surface area contributed by atoms with Gasteiger partial charge in [-0.15, -0.1) is 0 Å². The number of nitrogens with one attached hydrogen (secondary N) is 1. The molecular weight excluding hydrogens is 429 g/mol. The average Bonchev–Trinajstić information content (AvgIpc) is 3.28. The van der Waals surface area contributed by atoms with E-state index in [4.69, 9.17) is 16.3 Å². The normalized spacial score (nSPS) is 13.5. The predicted octanol–water partition coefficient (Wildman–Crippen LogP) is 6.01. The molecule has 4 nitrogen and oxygen atoms in total. The molecule has 0 aliphatic carbocycles. The molecule has 0 bridgehead atoms. The maximum Gasteiger partial charge on any atom is 0.417 e. The van der Waals surface area contributed by atoms with Gasteiger partial charge in [0.25, 0.3) is 0 Å². The summed E-state index contributed by atoms with van der Waals surface area (Å²) in [6.07, 6.45) is -1.22. The summed E-state index contributed by atoms with van der Waals surface area (Å²) in [5.74, 6) is 0.921. The smallest absolute Gasteiger partial charge is 0.417 e. The number of benzene rings is 2. The van der Waals surface area contributed by atoms with Gasteiger partial charge in [-0.1, -0.05) is 35.9 Å². The topological polar surface area (TPSA) is 45.3 Å². The van der Waals surface area contributed by atoms with E-state index in [0.717, 1.165) is 47.1 Å². The Hall–Kier alpha value is -2.93. The van der Waals surface area contributed by atoms with Gasteiger partial charge in [0, 0.05) is 35.9 Å². The number of halogens is 4. The number of ether oxygens (including phenoxy) is 1. The first-order valence-corrected chi connectivity index (χ1v) is 10.1. The Balaban J connectivity index is 0.000000210. The summed E-state index contributed by atoms with van der Waals surface area (Å²) in [6, 6.07) is 15.8. The highest BCUT2D eigenvalue weighted by Crippen LogP contribution is 2.36. The Kier molecular flexibility index (Phi) is 7.28. The van der Waals surface area contributed by atoms with Crippen molar-refractivity contribution in [1.82, 2.24) is 4.98 Å². The lowest BCUT2D eigenvalue weighted by atomic mass is 10.0. The molecule has 1 fully saturated rings. The van der Waals surface area contributed by atoms with Crippen molar-refractivity contribution in [2.75, 3.05) is 25.1 Å². The molecule has 1 aliphatic rings. The lowest BCUT2D eigenvalue weighted by molar-refractivity contribution is -0.137. The SMILES string of the molecule is COc1cc(-c2ccccc2Cl)ccc1N1CCCC1.O=c1ccc(C(F)(F)F)c[nH]1. The first-order chi connectivity index (χ1) is 14.8. The largest absolute Gasteiger partial charge is 0.495 e. The molecule has 31 heavy (non-hydrogen) atoms. The molecule has 1 aromatic heterocycles. The molecule has 0 amide bonds. The highest BCUT2D eigenvalue weighted by atomic mass is 35.5. The van der Waals surface area contributed by atoms with Crippen LogP contribution in [0.15, 0.2) is 65.6 Å². The van der Waals surface area contributed by atoms with Crippen LogP contribution in [0.3, 0.4) is 0 Å². The molecule has 1 N–H and O–H groups in total. The molecule has 0 unspecified atom stereocenters. The van der Waals surface area contributed by atoms with Gasteiger partial charge >= 0.3 is 6.18 Å². The van der Waals surface area contributed by atoms with E-state index in [1.165, 1.54) is 18.5 Å². The van der Waals surface area contributed by atoms with E-state index >= 15 is 0 Å². The molecule has 2 aromatic carbocycles. The molecule has 0 atom stereocenters. The van der Waals surface area contributed by atoms with Crippen molar-refractivity contribution in [2.24, 2.45) is 0 Å². The van der Waals surface area contributed by atoms with Crippen LogP contribution in [0.25, 0.3) is 11.1 Å². The lowest BCUT2D eigenvalue weighted by Crippen LogP contribution is -2.18. The molecule has 2 heterocycles. The number of aromatic amines is 1. The van der Waals surface area contributed by atoms with Gasteiger partial charge in [-0.25, -0.2) is 0 Å². The molecule has 0 radical (unpaired) electrons. The minimum atomic E-state index is -4.38. The fourth-order valence-corrected chi connectivity index (χ4v) is 3.59. The minimum absolute atomic E-state index is 0.544. The summed E-state index contributed by atoms with van der Waals surface area (Å²) in [5, 5.41) is 0.767. The minimum Gasteiger partial charge on any atom is -0.495 e. The molecule has 4 rings (SSSR count). The Morgan fingerprint density at radius 1 is 1.03 bits per heavy atom. The molecule has 0 saturated carbocycles. The standard InChI is InChI=1S/C17H18ClNO.C6H4F3NO/c1-20-17-12-13(14-6-2-3-7-15(14)18)8-9-16(17)19-10-4-5-11-19;7-6(8,9)4-1-2-5(11)10-3-4/h2-3,6-9,12H,4-5,10-11H2,1H3;1-3H,(H,10,11). The van der Waals surface area contributed by atoms with Gasteiger partial charge in [0.15, 0.2) is 0 Å². The van der Waals surface area contributed by atoms with Crippen molar-refractivity contribution < 1.29 is 17.9 Å². The van der Waals surface area contributed by atoms with Crippen molar-refractivity contribution >= 4 is 17.3 Å². The number of aromatic nitrogens is 1. The molecule has 0 spiro atoms. The summed E-state index contributed by atoms with van der Waals surface area (Å²) in [6.45, 7) is 2.23. The predicted molar refractivity (Wildman–Crippen MR) is 117 cm³/mol. The number of hydrogen-bond donors (Lipinski definition) is 1. The summed E-state index contributed by atoms with van der Waals surface area (Å²) in [4.78, 5) is 14.6. The Bertz CT molecular complexity index is 1060. The summed E-state index contributed by atoms with van der Waals surface area (Å²) < 4.78 is 41.0. The number of rotatable bonds is 3. The molecule has 164 valence electrons. The second kappa shape index (κ2) is 9.92.